The quantitative estimate of drug-likeness (QED) is 0.695. The molecule has 0 saturated heterocycles. The maximum Gasteiger partial charge on any atom is 0.418 e. The minimum Gasteiger partial charge on any atom is -0.464 e. The number of benzene rings is 2. The van der Waals surface area contributed by atoms with E-state index < -0.39 is 17.6 Å². The monoisotopic (exact) mass is 353 g/mol. The van der Waals surface area contributed by atoms with E-state index in [0.29, 0.717) is 21.6 Å². The van der Waals surface area contributed by atoms with Crippen LogP contribution in [0.5, 0.6) is 0 Å². The molecule has 0 spiro atoms. The number of carbonyl (C=O) groups excluding carboxylic acids is 1. The third-order valence-electron chi connectivity index (χ3n) is 3.47. The number of hydrogen-bond donors (Lipinski definition) is 1. The number of nitrogens with one attached hydrogen (secondary N) is 1. The standard InChI is InChI=1S/C17H11ClF3NO2/c18-11-5-6-15-12(8-11)10(9-24-15)7-16(23)22-14-4-2-1-3-13(14)17(19,20)21/h1-6,8-9H,7H2,(H,22,23). The molecule has 0 aliphatic carbocycles. The molecule has 0 aliphatic rings. The molecule has 0 aliphatic heterocycles. The van der Waals surface area contributed by atoms with Crippen molar-refractivity contribution >= 4 is 34.2 Å². The van der Waals surface area contributed by atoms with Crippen molar-refractivity contribution in [3.05, 3.63) is 64.9 Å². The van der Waals surface area contributed by atoms with Crippen LogP contribution in [0.15, 0.2) is 53.1 Å². The summed E-state index contributed by atoms with van der Waals surface area (Å²) >= 11 is 5.92. The summed E-state index contributed by atoms with van der Waals surface area (Å²) in [7, 11) is 0. The predicted octanol–water partition coefficient (Wildman–Crippen LogP) is 5.29. The molecule has 3 aromatic rings. The SMILES string of the molecule is O=C(Cc1coc2ccc(Cl)cc12)Nc1ccccc1C(F)(F)F. The summed E-state index contributed by atoms with van der Waals surface area (Å²) in [6.45, 7) is 0. The first-order chi connectivity index (χ1) is 11.3. The Bertz CT molecular complexity index is 902. The minimum absolute atomic E-state index is 0.125. The van der Waals surface area contributed by atoms with Crippen LogP contribution in [0.2, 0.25) is 5.02 Å². The second kappa shape index (κ2) is 6.20. The molecule has 1 amide bonds. The number of halogens is 4. The van der Waals surface area contributed by atoms with Gasteiger partial charge in [0.25, 0.3) is 0 Å². The molecule has 24 heavy (non-hydrogen) atoms. The highest BCUT2D eigenvalue weighted by Gasteiger charge is 2.33. The molecule has 3 rings (SSSR count). The number of rotatable bonds is 3. The Labute approximate surface area is 140 Å². The van der Waals surface area contributed by atoms with Crippen molar-refractivity contribution in [3.63, 3.8) is 0 Å². The normalized spacial score (nSPS) is 11.7. The Morgan fingerprint density at radius 2 is 1.92 bits per heavy atom. The van der Waals surface area contributed by atoms with Crippen LogP contribution in [-0.2, 0) is 17.4 Å². The highest BCUT2D eigenvalue weighted by molar-refractivity contribution is 6.31. The van der Waals surface area contributed by atoms with Gasteiger partial charge in [-0.15, -0.1) is 0 Å². The fourth-order valence-electron chi connectivity index (χ4n) is 2.40. The fraction of sp³-hybridized carbons (Fsp3) is 0.118. The zero-order valence-corrected chi connectivity index (χ0v) is 12.9. The summed E-state index contributed by atoms with van der Waals surface area (Å²) in [6, 6.07) is 9.79. The van der Waals surface area contributed by atoms with Crippen LogP contribution in [-0.4, -0.2) is 5.91 Å². The van der Waals surface area contributed by atoms with Gasteiger partial charge < -0.3 is 9.73 Å². The first kappa shape index (κ1) is 16.4. The van der Waals surface area contributed by atoms with Crippen molar-refractivity contribution in [1.82, 2.24) is 0 Å². The van der Waals surface area contributed by atoms with Crippen molar-refractivity contribution in [1.29, 1.82) is 0 Å². The number of amides is 1. The average Bonchev–Trinajstić information content (AvgIpc) is 2.89. The van der Waals surface area contributed by atoms with E-state index in [2.05, 4.69) is 5.32 Å². The Balaban J connectivity index is 1.82. The Morgan fingerprint density at radius 3 is 2.67 bits per heavy atom. The number of furan rings is 1. The molecule has 0 bridgehead atoms. The zero-order chi connectivity index (χ0) is 17.3. The van der Waals surface area contributed by atoms with Crippen LogP contribution in [0.25, 0.3) is 11.0 Å². The van der Waals surface area contributed by atoms with Crippen LogP contribution in [0, 0.1) is 0 Å². The number of hydrogen-bond acceptors (Lipinski definition) is 2. The molecule has 2 aromatic carbocycles. The van der Waals surface area contributed by atoms with Gasteiger partial charge in [0, 0.05) is 16.0 Å². The van der Waals surface area contributed by atoms with Crippen LogP contribution in [0.1, 0.15) is 11.1 Å². The smallest absolute Gasteiger partial charge is 0.418 e. The van der Waals surface area contributed by atoms with Crippen LogP contribution in [0.4, 0.5) is 18.9 Å². The minimum atomic E-state index is -4.54. The summed E-state index contributed by atoms with van der Waals surface area (Å²) in [4.78, 5) is 12.1. The van der Waals surface area contributed by atoms with Gasteiger partial charge in [0.05, 0.1) is 23.9 Å². The van der Waals surface area contributed by atoms with Gasteiger partial charge >= 0.3 is 6.18 Å². The summed E-state index contributed by atoms with van der Waals surface area (Å²) in [5.74, 6) is -0.575. The van der Waals surface area contributed by atoms with Gasteiger partial charge in [0.15, 0.2) is 0 Å². The lowest BCUT2D eigenvalue weighted by Gasteiger charge is -2.13. The van der Waals surface area contributed by atoms with E-state index in [9.17, 15) is 18.0 Å². The summed E-state index contributed by atoms with van der Waals surface area (Å²) in [5, 5.41) is 3.44. The lowest BCUT2D eigenvalue weighted by atomic mass is 10.1. The molecule has 7 heteroatoms. The largest absolute Gasteiger partial charge is 0.464 e. The van der Waals surface area contributed by atoms with E-state index in [0.717, 1.165) is 6.07 Å². The van der Waals surface area contributed by atoms with Gasteiger partial charge in [-0.1, -0.05) is 23.7 Å². The van der Waals surface area contributed by atoms with E-state index in [1.165, 1.54) is 24.5 Å². The number of fused-ring (bicyclic) bond motifs is 1. The van der Waals surface area contributed by atoms with Gasteiger partial charge in [-0.05, 0) is 30.3 Å². The molecule has 0 radical (unpaired) electrons. The molecule has 1 aromatic heterocycles. The van der Waals surface area contributed by atoms with E-state index in [4.69, 9.17) is 16.0 Å². The Hall–Kier alpha value is -2.47. The van der Waals surface area contributed by atoms with Gasteiger partial charge in [-0.2, -0.15) is 13.2 Å². The van der Waals surface area contributed by atoms with Crippen molar-refractivity contribution in [2.24, 2.45) is 0 Å². The molecular weight excluding hydrogens is 343 g/mol. The highest BCUT2D eigenvalue weighted by atomic mass is 35.5. The topological polar surface area (TPSA) is 42.2 Å². The molecule has 124 valence electrons. The first-order valence-electron chi connectivity index (χ1n) is 6.96. The van der Waals surface area contributed by atoms with E-state index in [1.54, 1.807) is 18.2 Å². The number of carbonyl (C=O) groups is 1. The van der Waals surface area contributed by atoms with E-state index in [-0.39, 0.29) is 12.1 Å². The molecule has 0 atom stereocenters. The third kappa shape index (κ3) is 3.38. The average molecular weight is 354 g/mol. The van der Waals surface area contributed by atoms with Gasteiger partial charge in [0.2, 0.25) is 5.91 Å². The summed E-state index contributed by atoms with van der Waals surface area (Å²) in [6.07, 6.45) is -3.27. The molecule has 3 nitrogen and oxygen atoms in total. The molecule has 1 heterocycles. The molecule has 0 fully saturated rings. The Morgan fingerprint density at radius 1 is 1.17 bits per heavy atom. The van der Waals surface area contributed by atoms with E-state index >= 15 is 0 Å². The highest BCUT2D eigenvalue weighted by Crippen LogP contribution is 2.34. The van der Waals surface area contributed by atoms with Crippen molar-refractivity contribution < 1.29 is 22.4 Å². The van der Waals surface area contributed by atoms with Gasteiger partial charge in [-0.3, -0.25) is 4.79 Å². The number of alkyl halides is 3. The predicted molar refractivity (Wildman–Crippen MR) is 85.0 cm³/mol. The van der Waals surface area contributed by atoms with Crippen LogP contribution >= 0.6 is 11.6 Å². The summed E-state index contributed by atoms with van der Waals surface area (Å²) in [5.41, 5.74) is -0.0633. The van der Waals surface area contributed by atoms with Crippen LogP contribution < -0.4 is 5.32 Å². The molecule has 1 N–H and O–H groups in total. The maximum atomic E-state index is 12.9. The molecule has 0 saturated carbocycles. The second-order valence-electron chi connectivity index (χ2n) is 5.17. The van der Waals surface area contributed by atoms with Gasteiger partial charge in [-0.25, -0.2) is 0 Å². The number of anilines is 1. The fourth-order valence-corrected chi connectivity index (χ4v) is 2.57. The first-order valence-corrected chi connectivity index (χ1v) is 7.34. The van der Waals surface area contributed by atoms with Crippen molar-refractivity contribution in [2.45, 2.75) is 12.6 Å². The third-order valence-corrected chi connectivity index (χ3v) is 3.71. The number of para-hydroxylation sites is 1. The van der Waals surface area contributed by atoms with Crippen molar-refractivity contribution in [2.75, 3.05) is 5.32 Å². The lowest BCUT2D eigenvalue weighted by Crippen LogP contribution is -2.18. The molecule has 0 unspecified atom stereocenters. The Kier molecular flexibility index (Phi) is 4.24. The van der Waals surface area contributed by atoms with Gasteiger partial charge in [0.1, 0.15) is 5.58 Å². The van der Waals surface area contributed by atoms with Crippen LogP contribution in [0.3, 0.4) is 0 Å². The summed E-state index contributed by atoms with van der Waals surface area (Å²) < 4.78 is 44.2. The second-order valence-corrected chi connectivity index (χ2v) is 5.61. The maximum absolute atomic E-state index is 12.9. The zero-order valence-electron chi connectivity index (χ0n) is 12.2. The van der Waals surface area contributed by atoms with Crippen molar-refractivity contribution in [3.8, 4) is 0 Å². The lowest BCUT2D eigenvalue weighted by molar-refractivity contribution is -0.137. The van der Waals surface area contributed by atoms with E-state index in [1.807, 2.05) is 0 Å². The molecular formula is C17H11ClF3NO2.